The Morgan fingerprint density at radius 3 is 2.25 bits per heavy atom. The molecule has 0 spiro atoms. The first-order valence-corrected chi connectivity index (χ1v) is 6.91. The van der Waals surface area contributed by atoms with Crippen LogP contribution in [0.3, 0.4) is 0 Å². The van der Waals surface area contributed by atoms with E-state index in [4.69, 9.17) is 0 Å². The van der Waals surface area contributed by atoms with Crippen molar-refractivity contribution >= 4 is 35.6 Å². The molecular weight excluding hydrogens is 296 g/mol. The Morgan fingerprint density at radius 1 is 1.15 bits per heavy atom. The van der Waals surface area contributed by atoms with E-state index in [0.717, 1.165) is 10.7 Å². The molecule has 0 fully saturated rings. The SMILES string of the molecule is Cc1csc(CCN2C(=O)c3ccccc3C2=O)n1.Cl. The number of imide groups is 1. The van der Waals surface area contributed by atoms with E-state index in [1.165, 1.54) is 4.90 Å². The summed E-state index contributed by atoms with van der Waals surface area (Å²) in [6, 6.07) is 6.95. The van der Waals surface area contributed by atoms with Crippen LogP contribution >= 0.6 is 23.7 Å². The summed E-state index contributed by atoms with van der Waals surface area (Å²) in [7, 11) is 0. The van der Waals surface area contributed by atoms with Gasteiger partial charge < -0.3 is 0 Å². The third-order valence-corrected chi connectivity index (χ3v) is 4.12. The van der Waals surface area contributed by atoms with Gasteiger partial charge in [-0.25, -0.2) is 4.98 Å². The molecule has 1 aromatic carbocycles. The van der Waals surface area contributed by atoms with Gasteiger partial charge in [0.2, 0.25) is 0 Å². The summed E-state index contributed by atoms with van der Waals surface area (Å²) in [5.74, 6) is -0.400. The van der Waals surface area contributed by atoms with Crippen molar-refractivity contribution in [3.63, 3.8) is 0 Å². The number of halogens is 1. The molecule has 4 nitrogen and oxygen atoms in total. The van der Waals surface area contributed by atoms with Crippen LogP contribution < -0.4 is 0 Å². The Labute approximate surface area is 126 Å². The Bertz CT molecular complexity index is 634. The molecule has 3 rings (SSSR count). The van der Waals surface area contributed by atoms with Gasteiger partial charge in [-0.3, -0.25) is 14.5 Å². The van der Waals surface area contributed by atoms with Crippen molar-refractivity contribution in [3.8, 4) is 0 Å². The fourth-order valence-corrected chi connectivity index (χ4v) is 2.93. The average molecular weight is 309 g/mol. The molecule has 20 heavy (non-hydrogen) atoms. The topological polar surface area (TPSA) is 50.3 Å². The van der Waals surface area contributed by atoms with Gasteiger partial charge in [-0.05, 0) is 19.1 Å². The highest BCUT2D eigenvalue weighted by atomic mass is 35.5. The van der Waals surface area contributed by atoms with E-state index < -0.39 is 0 Å². The third-order valence-electron chi connectivity index (χ3n) is 3.09. The third kappa shape index (κ3) is 2.46. The fraction of sp³-hybridized carbons (Fsp3) is 0.214. The number of aryl methyl sites for hydroxylation is 1. The zero-order valence-electron chi connectivity index (χ0n) is 10.8. The van der Waals surface area contributed by atoms with Crippen LogP contribution in [0.4, 0.5) is 0 Å². The predicted molar refractivity (Wildman–Crippen MR) is 79.6 cm³/mol. The summed E-state index contributed by atoms with van der Waals surface area (Å²) >= 11 is 1.56. The summed E-state index contributed by atoms with van der Waals surface area (Å²) in [5.41, 5.74) is 1.98. The van der Waals surface area contributed by atoms with Gasteiger partial charge in [0.15, 0.2) is 0 Å². The van der Waals surface area contributed by atoms with Crippen LogP contribution in [0.2, 0.25) is 0 Å². The van der Waals surface area contributed by atoms with Gasteiger partial charge in [-0.15, -0.1) is 23.7 Å². The summed E-state index contributed by atoms with van der Waals surface area (Å²) < 4.78 is 0. The largest absolute Gasteiger partial charge is 0.274 e. The lowest BCUT2D eigenvalue weighted by Crippen LogP contribution is -2.31. The number of rotatable bonds is 3. The number of carbonyl (C=O) groups excluding carboxylic acids is 2. The Morgan fingerprint density at radius 2 is 1.75 bits per heavy atom. The highest BCUT2D eigenvalue weighted by Crippen LogP contribution is 2.22. The van der Waals surface area contributed by atoms with Crippen LogP contribution in [0, 0.1) is 6.92 Å². The Kier molecular flexibility index (Phi) is 4.20. The second-order valence-corrected chi connectivity index (χ2v) is 5.38. The fourth-order valence-electron chi connectivity index (χ4n) is 2.17. The molecule has 104 valence electrons. The molecular formula is C14H13ClN2O2S. The van der Waals surface area contributed by atoms with E-state index in [9.17, 15) is 9.59 Å². The first-order valence-electron chi connectivity index (χ1n) is 6.03. The molecule has 6 heteroatoms. The summed E-state index contributed by atoms with van der Waals surface area (Å²) in [6.45, 7) is 2.32. The first kappa shape index (κ1) is 14.7. The van der Waals surface area contributed by atoms with Crippen molar-refractivity contribution in [1.29, 1.82) is 0 Å². The highest BCUT2D eigenvalue weighted by Gasteiger charge is 2.34. The Balaban J connectivity index is 0.00000147. The van der Waals surface area contributed by atoms with Crippen LogP contribution in [-0.2, 0) is 6.42 Å². The van der Waals surface area contributed by atoms with Crippen molar-refractivity contribution in [2.24, 2.45) is 0 Å². The van der Waals surface area contributed by atoms with E-state index in [0.29, 0.717) is 24.1 Å². The number of carbonyl (C=O) groups is 2. The minimum absolute atomic E-state index is 0. The number of fused-ring (bicyclic) bond motifs is 1. The van der Waals surface area contributed by atoms with Crippen molar-refractivity contribution in [3.05, 3.63) is 51.5 Å². The molecule has 2 heterocycles. The monoisotopic (exact) mass is 308 g/mol. The molecule has 1 aromatic heterocycles. The molecule has 0 unspecified atom stereocenters. The molecule has 2 aromatic rings. The molecule has 0 saturated heterocycles. The number of nitrogens with zero attached hydrogens (tertiary/aromatic N) is 2. The van der Waals surface area contributed by atoms with Gasteiger partial charge in [-0.1, -0.05) is 12.1 Å². The molecule has 0 bridgehead atoms. The lowest BCUT2D eigenvalue weighted by atomic mass is 10.1. The summed E-state index contributed by atoms with van der Waals surface area (Å²) in [5, 5.41) is 2.92. The maximum Gasteiger partial charge on any atom is 0.261 e. The van der Waals surface area contributed by atoms with Gasteiger partial charge in [0.05, 0.1) is 16.1 Å². The van der Waals surface area contributed by atoms with Gasteiger partial charge >= 0.3 is 0 Å². The smallest absolute Gasteiger partial charge is 0.261 e. The second kappa shape index (κ2) is 5.73. The van der Waals surface area contributed by atoms with E-state index >= 15 is 0 Å². The number of thiazole rings is 1. The molecule has 0 aliphatic carbocycles. The zero-order valence-corrected chi connectivity index (χ0v) is 12.5. The zero-order chi connectivity index (χ0) is 13.4. The number of benzene rings is 1. The number of hydrogen-bond donors (Lipinski definition) is 0. The van der Waals surface area contributed by atoms with Crippen LogP contribution in [-0.4, -0.2) is 28.2 Å². The minimum Gasteiger partial charge on any atom is -0.274 e. The normalized spacial score (nSPS) is 13.3. The van der Waals surface area contributed by atoms with E-state index in [1.54, 1.807) is 35.6 Å². The van der Waals surface area contributed by atoms with Crippen molar-refractivity contribution < 1.29 is 9.59 Å². The highest BCUT2D eigenvalue weighted by molar-refractivity contribution is 7.09. The first-order chi connectivity index (χ1) is 9.16. The second-order valence-electron chi connectivity index (χ2n) is 4.44. The minimum atomic E-state index is -0.200. The van der Waals surface area contributed by atoms with Crippen molar-refractivity contribution in [2.45, 2.75) is 13.3 Å². The molecule has 1 aliphatic heterocycles. The van der Waals surface area contributed by atoms with E-state index in [2.05, 4.69) is 4.98 Å². The maximum absolute atomic E-state index is 12.1. The number of aromatic nitrogens is 1. The molecule has 2 amide bonds. The standard InChI is InChI=1S/C14H12N2O2S.ClH/c1-9-8-19-12(15-9)6-7-16-13(17)10-4-2-3-5-11(10)14(16)18;/h2-5,8H,6-7H2,1H3;1H. The van der Waals surface area contributed by atoms with E-state index in [-0.39, 0.29) is 24.2 Å². The predicted octanol–water partition coefficient (Wildman–Crippen LogP) is 2.71. The van der Waals surface area contributed by atoms with Crippen LogP contribution in [0.5, 0.6) is 0 Å². The van der Waals surface area contributed by atoms with E-state index in [1.807, 2.05) is 12.3 Å². The molecule has 0 saturated carbocycles. The van der Waals surface area contributed by atoms with Gasteiger partial charge in [0.1, 0.15) is 0 Å². The average Bonchev–Trinajstić information content (AvgIpc) is 2.93. The molecule has 1 aliphatic rings. The lowest BCUT2D eigenvalue weighted by Gasteiger charge is -2.12. The molecule has 0 atom stereocenters. The summed E-state index contributed by atoms with van der Waals surface area (Å²) in [4.78, 5) is 29.9. The number of hydrogen-bond acceptors (Lipinski definition) is 4. The van der Waals surface area contributed by atoms with Crippen molar-refractivity contribution in [1.82, 2.24) is 9.88 Å². The molecule has 0 radical (unpaired) electrons. The van der Waals surface area contributed by atoms with Gasteiger partial charge in [0, 0.05) is 24.0 Å². The summed E-state index contributed by atoms with van der Waals surface area (Å²) in [6.07, 6.45) is 0.615. The maximum atomic E-state index is 12.1. The van der Waals surface area contributed by atoms with Crippen LogP contribution in [0.25, 0.3) is 0 Å². The number of amides is 2. The molecule has 0 N–H and O–H groups in total. The van der Waals surface area contributed by atoms with Crippen molar-refractivity contribution in [2.75, 3.05) is 6.54 Å². The van der Waals surface area contributed by atoms with Crippen LogP contribution in [0.1, 0.15) is 31.4 Å². The Hall–Kier alpha value is -1.72. The lowest BCUT2D eigenvalue weighted by molar-refractivity contribution is 0.0656. The van der Waals surface area contributed by atoms with Gasteiger partial charge in [-0.2, -0.15) is 0 Å². The van der Waals surface area contributed by atoms with Crippen LogP contribution in [0.15, 0.2) is 29.6 Å². The quantitative estimate of drug-likeness (QED) is 0.819. The van der Waals surface area contributed by atoms with Gasteiger partial charge in [0.25, 0.3) is 11.8 Å².